The molecule has 0 aromatic carbocycles. The van der Waals surface area contributed by atoms with E-state index in [1.54, 1.807) is 0 Å². The van der Waals surface area contributed by atoms with Crippen molar-refractivity contribution in [1.82, 2.24) is 4.98 Å². The van der Waals surface area contributed by atoms with E-state index in [4.69, 9.17) is 5.11 Å². The van der Waals surface area contributed by atoms with Crippen LogP contribution in [0.5, 0.6) is 5.19 Å². The number of hydrogen-bond donors (Lipinski definition) is 1. The lowest BCUT2D eigenvalue weighted by Gasteiger charge is -1.77. The van der Waals surface area contributed by atoms with Crippen LogP contribution in [0.25, 0.3) is 0 Å². The minimum Gasteiger partial charge on any atom is -0.476 e. The molecule has 1 N–H and O–H groups in total. The van der Waals surface area contributed by atoms with Crippen LogP contribution in [-0.2, 0) is 5.11 Å². The van der Waals surface area contributed by atoms with Gasteiger partial charge in [-0.25, -0.2) is 4.79 Å². The molecule has 0 amide bonds. The number of aromatic nitrogens is 1. The van der Waals surface area contributed by atoms with E-state index < -0.39 is 11.2 Å². The molecule has 1 aromatic heterocycles. The average Bonchev–Trinajstić information content (AvgIpc) is 2.14. The van der Waals surface area contributed by atoms with Gasteiger partial charge >= 0.3 is 11.2 Å². The van der Waals surface area contributed by atoms with E-state index in [1.807, 2.05) is 0 Å². The van der Waals surface area contributed by atoms with Gasteiger partial charge < -0.3 is 5.11 Å². The summed E-state index contributed by atoms with van der Waals surface area (Å²) in [6.45, 7) is 0. The van der Waals surface area contributed by atoms with Crippen molar-refractivity contribution >= 4 is 17.3 Å². The molecule has 1 heterocycles. The third kappa shape index (κ3) is 1.17. The maximum atomic E-state index is 10.2. The summed E-state index contributed by atoms with van der Waals surface area (Å²) in [4.78, 5) is 13.2. The van der Waals surface area contributed by atoms with Crippen LogP contribution in [0, 0.1) is 0 Å². The van der Waals surface area contributed by atoms with Gasteiger partial charge in [-0.15, -0.1) is 0 Å². The zero-order chi connectivity index (χ0) is 6.85. The van der Waals surface area contributed by atoms with Gasteiger partial charge in [0.25, 0.3) is 0 Å². The number of carbonyl (C=O) groups is 1. The molecular weight excluding hydrogens is 142 g/mol. The van der Waals surface area contributed by atoms with Crippen molar-refractivity contribution < 1.29 is 15.0 Å². The van der Waals surface area contributed by atoms with Gasteiger partial charge in [0.2, 0.25) is 0 Å². The van der Waals surface area contributed by atoms with Gasteiger partial charge in [0, 0.05) is 5.38 Å². The van der Waals surface area contributed by atoms with Crippen molar-refractivity contribution in [3.8, 4) is 5.19 Å². The fourth-order valence-electron chi connectivity index (χ4n) is 0.356. The molecule has 4 nitrogen and oxygen atoms in total. The van der Waals surface area contributed by atoms with Crippen LogP contribution in [0.1, 0.15) is 10.5 Å². The Bertz CT molecular complexity index is 231. The minimum absolute atomic E-state index is 0.176. The van der Waals surface area contributed by atoms with Gasteiger partial charge in [-0.05, 0) is 0 Å². The van der Waals surface area contributed by atoms with E-state index in [0.717, 1.165) is 11.3 Å². The lowest BCUT2D eigenvalue weighted by molar-refractivity contribution is 0.0690. The number of rotatable bonds is 1. The highest BCUT2D eigenvalue weighted by molar-refractivity contribution is 7.11. The second kappa shape index (κ2) is 2.02. The smallest absolute Gasteiger partial charge is 0.355 e. The second-order valence-corrected chi connectivity index (χ2v) is 2.12. The molecule has 0 aliphatic carbocycles. The number of carboxylic acid groups (broad SMARTS) is 1. The molecule has 0 saturated carbocycles. The Morgan fingerprint density at radius 3 is 2.67 bits per heavy atom. The Hall–Kier alpha value is -1.10. The Morgan fingerprint density at radius 1 is 1.78 bits per heavy atom. The molecule has 0 saturated heterocycles. The van der Waals surface area contributed by atoms with Crippen molar-refractivity contribution in [2.24, 2.45) is 0 Å². The Balaban J connectivity index is 2.98. The predicted molar refractivity (Wildman–Crippen MR) is 29.2 cm³/mol. The number of hydrogen-bond acceptors (Lipinski definition) is 3. The van der Waals surface area contributed by atoms with Gasteiger partial charge in [0.1, 0.15) is 0 Å². The summed E-state index contributed by atoms with van der Waals surface area (Å²) in [5.74, 6) is -1.16. The lowest BCUT2D eigenvalue weighted by atomic mass is 10.5. The van der Waals surface area contributed by atoms with E-state index in [0.29, 0.717) is 0 Å². The standard InChI is InChI=1S/C4H2NO3S/c6-3(7)2-1-9-4(8)5-2/h1H,(H,6,7). The maximum absolute atomic E-state index is 10.2. The number of nitrogens with zero attached hydrogens (tertiary/aromatic N) is 1. The summed E-state index contributed by atoms with van der Waals surface area (Å²) >= 11 is 0.785. The largest absolute Gasteiger partial charge is 0.476 e. The summed E-state index contributed by atoms with van der Waals surface area (Å²) < 4.78 is 0. The fourth-order valence-corrected chi connectivity index (χ4v) is 0.873. The van der Waals surface area contributed by atoms with Crippen molar-refractivity contribution in [3.63, 3.8) is 0 Å². The normalized spacial score (nSPS) is 9.33. The maximum Gasteiger partial charge on any atom is 0.355 e. The molecule has 0 bridgehead atoms. The monoisotopic (exact) mass is 144 g/mol. The van der Waals surface area contributed by atoms with Crippen molar-refractivity contribution in [2.45, 2.75) is 0 Å². The molecule has 0 fully saturated rings. The first-order valence-corrected chi connectivity index (χ1v) is 2.94. The van der Waals surface area contributed by atoms with E-state index in [-0.39, 0.29) is 5.69 Å². The van der Waals surface area contributed by atoms with Crippen LogP contribution in [0.3, 0.4) is 0 Å². The van der Waals surface area contributed by atoms with E-state index in [9.17, 15) is 9.90 Å². The Morgan fingerprint density at radius 2 is 2.44 bits per heavy atom. The first-order chi connectivity index (χ1) is 4.20. The number of aromatic carboxylic acids is 1. The first-order valence-electron chi connectivity index (χ1n) is 2.06. The first kappa shape index (κ1) is 6.03. The summed E-state index contributed by atoms with van der Waals surface area (Å²) in [6.07, 6.45) is 0. The second-order valence-electron chi connectivity index (χ2n) is 1.30. The highest BCUT2D eigenvalue weighted by Gasteiger charge is 2.07. The summed E-state index contributed by atoms with van der Waals surface area (Å²) in [5, 5.41) is 19.2. The lowest BCUT2D eigenvalue weighted by Crippen LogP contribution is -1.94. The molecule has 0 aliphatic heterocycles. The molecule has 0 spiro atoms. The zero-order valence-electron chi connectivity index (χ0n) is 4.20. The zero-order valence-corrected chi connectivity index (χ0v) is 5.01. The molecule has 0 aliphatic rings. The molecule has 1 radical (unpaired) electrons. The third-order valence-corrected chi connectivity index (χ3v) is 1.34. The van der Waals surface area contributed by atoms with Crippen molar-refractivity contribution in [2.75, 3.05) is 0 Å². The SMILES string of the molecule is [O]c1nc(C(=O)O)cs1. The predicted octanol–water partition coefficient (Wildman–Crippen LogP) is 0.985. The van der Waals surface area contributed by atoms with Gasteiger partial charge in [-0.3, -0.25) is 5.11 Å². The van der Waals surface area contributed by atoms with Crippen molar-refractivity contribution in [1.29, 1.82) is 0 Å². The quantitative estimate of drug-likeness (QED) is 0.638. The molecule has 5 heteroatoms. The summed E-state index contributed by atoms with van der Waals surface area (Å²) in [5.41, 5.74) is -0.176. The van der Waals surface area contributed by atoms with Crippen molar-refractivity contribution in [3.05, 3.63) is 11.1 Å². The fraction of sp³-hybridized carbons (Fsp3) is 0. The Labute approximate surface area is 54.4 Å². The molecule has 0 atom stereocenters. The minimum atomic E-state index is -1.16. The Kier molecular flexibility index (Phi) is 1.35. The van der Waals surface area contributed by atoms with Gasteiger partial charge in [-0.1, -0.05) is 11.3 Å². The molecule has 1 aromatic rings. The third-order valence-electron chi connectivity index (χ3n) is 0.702. The molecular formula is C4H2NO3S. The van der Waals surface area contributed by atoms with Gasteiger partial charge in [0.05, 0.1) is 0 Å². The molecule has 47 valence electrons. The van der Waals surface area contributed by atoms with E-state index in [2.05, 4.69) is 4.98 Å². The number of carboxylic acids is 1. The summed E-state index contributed by atoms with van der Waals surface area (Å²) in [7, 11) is 0. The summed E-state index contributed by atoms with van der Waals surface area (Å²) in [6, 6.07) is 0. The van der Waals surface area contributed by atoms with E-state index in [1.165, 1.54) is 5.38 Å². The van der Waals surface area contributed by atoms with Crippen LogP contribution in [0.15, 0.2) is 5.38 Å². The van der Waals surface area contributed by atoms with Gasteiger partial charge in [0.15, 0.2) is 5.69 Å². The van der Waals surface area contributed by atoms with Crippen LogP contribution in [0.4, 0.5) is 0 Å². The van der Waals surface area contributed by atoms with Gasteiger partial charge in [-0.2, -0.15) is 4.98 Å². The van der Waals surface area contributed by atoms with Crippen LogP contribution >= 0.6 is 11.3 Å². The van der Waals surface area contributed by atoms with Crippen LogP contribution in [0.2, 0.25) is 0 Å². The molecule has 0 unspecified atom stereocenters. The molecule has 9 heavy (non-hydrogen) atoms. The van der Waals surface area contributed by atoms with E-state index >= 15 is 0 Å². The average molecular weight is 144 g/mol. The van der Waals surface area contributed by atoms with Crippen LogP contribution < -0.4 is 0 Å². The molecule has 1 rings (SSSR count). The number of thiazole rings is 1. The highest BCUT2D eigenvalue weighted by atomic mass is 32.1. The highest BCUT2D eigenvalue weighted by Crippen LogP contribution is 2.15. The van der Waals surface area contributed by atoms with Crippen LogP contribution in [-0.4, -0.2) is 16.1 Å². The topological polar surface area (TPSA) is 70.1 Å².